The largest absolute Gasteiger partial charge is 0.270 e. The Labute approximate surface area is 199 Å². The molecule has 0 bridgehead atoms. The number of rotatable bonds is 25. The van der Waals surface area contributed by atoms with E-state index >= 15 is 0 Å². The lowest BCUT2D eigenvalue weighted by atomic mass is 10.1. The van der Waals surface area contributed by atoms with E-state index in [0.717, 1.165) is 25.7 Å². The molecule has 0 aliphatic heterocycles. The van der Waals surface area contributed by atoms with Crippen molar-refractivity contribution in [2.75, 3.05) is 24.7 Å². The number of hydrogen-bond donors (Lipinski definition) is 0. The fraction of sp³-hybridized carbons (Fsp3) is 1.00. The lowest BCUT2D eigenvalue weighted by Gasteiger charge is -2.07. The Hall–Kier alpha value is -0.180. The van der Waals surface area contributed by atoms with E-state index in [2.05, 4.69) is 13.8 Å². The fourth-order valence-corrected chi connectivity index (χ4v) is 5.61. The first-order chi connectivity index (χ1) is 15.3. The predicted molar refractivity (Wildman–Crippen MR) is 134 cm³/mol. The summed E-state index contributed by atoms with van der Waals surface area (Å²) in [6.45, 7) is 4.55. The molecule has 0 spiro atoms. The zero-order valence-electron chi connectivity index (χ0n) is 20.8. The maximum Gasteiger partial charge on any atom is 0.267 e. The average Bonchev–Trinajstić information content (AvgIpc) is 2.74. The van der Waals surface area contributed by atoms with Crippen molar-refractivity contribution in [3.05, 3.63) is 0 Å². The summed E-state index contributed by atoms with van der Waals surface area (Å²) >= 11 is 0. The van der Waals surface area contributed by atoms with Gasteiger partial charge >= 0.3 is 0 Å². The number of hydrogen-bond acceptors (Lipinski definition) is 6. The van der Waals surface area contributed by atoms with Crippen molar-refractivity contribution in [3.63, 3.8) is 0 Å². The molecule has 0 heterocycles. The van der Waals surface area contributed by atoms with Gasteiger partial charge in [-0.1, -0.05) is 104 Å². The van der Waals surface area contributed by atoms with Crippen LogP contribution in [0.4, 0.5) is 0 Å². The van der Waals surface area contributed by atoms with Crippen LogP contribution in [0.1, 0.15) is 129 Å². The van der Waals surface area contributed by atoms with Gasteiger partial charge in [-0.2, -0.15) is 16.8 Å². The van der Waals surface area contributed by atoms with Crippen LogP contribution in [0.15, 0.2) is 0 Å². The quantitative estimate of drug-likeness (QED) is 0.102. The standard InChI is InChI=1S/C24H50O6S2/c1-3-5-7-9-11-13-15-19-23-31(25,26)29-21-17-18-22-30-32(27,28)24-20-16-14-12-10-8-6-4-2/h3-24H2,1-2H3. The van der Waals surface area contributed by atoms with Gasteiger partial charge in [0.25, 0.3) is 20.2 Å². The summed E-state index contributed by atoms with van der Waals surface area (Å²) in [7, 11) is -6.97. The van der Waals surface area contributed by atoms with Gasteiger partial charge < -0.3 is 0 Å². The highest BCUT2D eigenvalue weighted by Gasteiger charge is 2.12. The van der Waals surface area contributed by atoms with E-state index in [0.29, 0.717) is 25.7 Å². The molecule has 0 saturated carbocycles. The Balaban J connectivity index is 3.60. The molecule has 0 fully saturated rings. The molecule has 0 saturated heterocycles. The normalized spacial score (nSPS) is 12.4. The molecule has 32 heavy (non-hydrogen) atoms. The summed E-state index contributed by atoms with van der Waals surface area (Å²) in [6, 6.07) is 0. The Morgan fingerprint density at radius 2 is 0.688 bits per heavy atom. The molecule has 194 valence electrons. The fourth-order valence-electron chi connectivity index (χ4n) is 3.52. The summed E-state index contributed by atoms with van der Waals surface area (Å²) in [5, 5.41) is 0. The molecule has 8 heteroatoms. The minimum absolute atomic E-state index is 0.0610. The molecule has 0 aliphatic rings. The molecule has 0 amide bonds. The van der Waals surface area contributed by atoms with Crippen molar-refractivity contribution in [2.24, 2.45) is 0 Å². The van der Waals surface area contributed by atoms with Gasteiger partial charge in [-0.15, -0.1) is 0 Å². The molecule has 0 aromatic carbocycles. The van der Waals surface area contributed by atoms with E-state index in [1.54, 1.807) is 0 Å². The molecular formula is C24H50O6S2. The summed E-state index contributed by atoms with van der Waals surface area (Å²) in [5.41, 5.74) is 0. The van der Waals surface area contributed by atoms with Crippen molar-refractivity contribution >= 4 is 20.2 Å². The van der Waals surface area contributed by atoms with Crippen molar-refractivity contribution in [2.45, 2.75) is 129 Å². The van der Waals surface area contributed by atoms with E-state index in [1.807, 2.05) is 0 Å². The molecular weight excluding hydrogens is 448 g/mol. The van der Waals surface area contributed by atoms with Gasteiger partial charge in [0.1, 0.15) is 0 Å². The minimum atomic E-state index is -3.48. The van der Waals surface area contributed by atoms with Crippen LogP contribution in [0.2, 0.25) is 0 Å². The van der Waals surface area contributed by atoms with Gasteiger partial charge in [-0.25, -0.2) is 0 Å². The maximum absolute atomic E-state index is 11.9. The first kappa shape index (κ1) is 31.8. The van der Waals surface area contributed by atoms with Gasteiger partial charge in [0, 0.05) is 0 Å². The van der Waals surface area contributed by atoms with Crippen LogP contribution < -0.4 is 0 Å². The summed E-state index contributed by atoms with van der Waals surface area (Å²) in [4.78, 5) is 0. The molecule has 6 nitrogen and oxygen atoms in total. The Morgan fingerprint density at radius 1 is 0.406 bits per heavy atom. The van der Waals surface area contributed by atoms with Crippen LogP contribution in [-0.2, 0) is 28.6 Å². The molecule has 0 aromatic heterocycles. The number of unbranched alkanes of at least 4 members (excludes halogenated alkanes) is 15. The third-order valence-electron chi connectivity index (χ3n) is 5.56. The van der Waals surface area contributed by atoms with Crippen LogP contribution >= 0.6 is 0 Å². The van der Waals surface area contributed by atoms with Gasteiger partial charge in [-0.3, -0.25) is 8.37 Å². The summed E-state index contributed by atoms with van der Waals surface area (Å²) in [5.74, 6) is 0.122. The highest BCUT2D eigenvalue weighted by Crippen LogP contribution is 2.11. The molecule has 0 aromatic rings. The minimum Gasteiger partial charge on any atom is -0.270 e. The lowest BCUT2D eigenvalue weighted by Crippen LogP contribution is -2.14. The maximum atomic E-state index is 11.9. The van der Waals surface area contributed by atoms with Crippen LogP contribution in [0, 0.1) is 0 Å². The Morgan fingerprint density at radius 3 is 1.00 bits per heavy atom. The van der Waals surface area contributed by atoms with Crippen LogP contribution in [-0.4, -0.2) is 41.6 Å². The molecule has 0 atom stereocenters. The smallest absolute Gasteiger partial charge is 0.267 e. The first-order valence-electron chi connectivity index (χ1n) is 13.1. The second-order valence-electron chi connectivity index (χ2n) is 8.82. The van der Waals surface area contributed by atoms with E-state index < -0.39 is 20.2 Å². The van der Waals surface area contributed by atoms with E-state index in [9.17, 15) is 16.8 Å². The third kappa shape index (κ3) is 23.0. The zero-order valence-corrected chi connectivity index (χ0v) is 22.5. The molecule has 0 radical (unpaired) electrons. The molecule has 0 aliphatic carbocycles. The SMILES string of the molecule is CCCCCCCCCCS(=O)(=O)OCCCCOS(=O)(=O)CCCCCCCCCC. The average molecular weight is 499 g/mol. The van der Waals surface area contributed by atoms with Crippen LogP contribution in [0.5, 0.6) is 0 Å². The molecule has 0 unspecified atom stereocenters. The lowest BCUT2D eigenvalue weighted by molar-refractivity contribution is 0.270. The topological polar surface area (TPSA) is 86.7 Å². The van der Waals surface area contributed by atoms with Crippen LogP contribution in [0.25, 0.3) is 0 Å². The van der Waals surface area contributed by atoms with Crippen molar-refractivity contribution in [3.8, 4) is 0 Å². The van der Waals surface area contributed by atoms with E-state index in [1.165, 1.54) is 64.2 Å². The highest BCUT2D eigenvalue weighted by molar-refractivity contribution is 7.86. The third-order valence-corrected chi connectivity index (χ3v) is 8.19. The summed E-state index contributed by atoms with van der Waals surface area (Å²) in [6.07, 6.45) is 18.5. The van der Waals surface area contributed by atoms with Gasteiger partial charge in [0.15, 0.2) is 0 Å². The molecule has 0 rings (SSSR count). The molecule has 0 N–H and O–H groups in total. The van der Waals surface area contributed by atoms with Gasteiger partial charge in [0.05, 0.1) is 24.7 Å². The van der Waals surface area contributed by atoms with Gasteiger partial charge in [-0.05, 0) is 25.7 Å². The zero-order chi connectivity index (χ0) is 24.0. The predicted octanol–water partition coefficient (Wildman–Crippen LogP) is 6.74. The monoisotopic (exact) mass is 498 g/mol. The van der Waals surface area contributed by atoms with Crippen molar-refractivity contribution < 1.29 is 25.2 Å². The first-order valence-corrected chi connectivity index (χ1v) is 16.2. The Bertz CT molecular complexity index is 548. The van der Waals surface area contributed by atoms with Crippen molar-refractivity contribution in [1.29, 1.82) is 0 Å². The second kappa shape index (κ2) is 21.4. The summed E-state index contributed by atoms with van der Waals surface area (Å²) < 4.78 is 57.6. The second-order valence-corrected chi connectivity index (χ2v) is 12.3. The van der Waals surface area contributed by atoms with Crippen LogP contribution in [0.3, 0.4) is 0 Å². The Kier molecular flexibility index (Phi) is 21.2. The van der Waals surface area contributed by atoms with E-state index in [-0.39, 0.29) is 24.7 Å². The highest BCUT2D eigenvalue weighted by atomic mass is 32.2. The van der Waals surface area contributed by atoms with E-state index in [4.69, 9.17) is 8.37 Å². The van der Waals surface area contributed by atoms with Gasteiger partial charge in [0.2, 0.25) is 0 Å². The van der Waals surface area contributed by atoms with Crippen molar-refractivity contribution in [1.82, 2.24) is 0 Å².